The second kappa shape index (κ2) is 26.2. The van der Waals surface area contributed by atoms with Crippen molar-refractivity contribution in [2.24, 2.45) is 17.6 Å². The van der Waals surface area contributed by atoms with E-state index < -0.39 is 94.0 Å². The van der Waals surface area contributed by atoms with Crippen LogP contribution in [0.2, 0.25) is 0 Å². The van der Waals surface area contributed by atoms with E-state index in [1.165, 1.54) is 16.1 Å². The molecule has 4 rings (SSSR count). The van der Waals surface area contributed by atoms with Crippen LogP contribution < -0.4 is 27.0 Å². The molecule has 7 atom stereocenters. The van der Waals surface area contributed by atoms with Crippen LogP contribution in [0.25, 0.3) is 0 Å². The Bertz CT molecular complexity index is 2100. The second-order valence-corrected chi connectivity index (χ2v) is 19.9. The number of carboxylic acid groups (broad SMARTS) is 1. The van der Waals surface area contributed by atoms with Crippen molar-refractivity contribution in [3.05, 3.63) is 108 Å². The minimum atomic E-state index is -1.51. The summed E-state index contributed by atoms with van der Waals surface area (Å²) >= 11 is 4.81. The zero-order valence-corrected chi connectivity index (χ0v) is 41.6. The van der Waals surface area contributed by atoms with Crippen molar-refractivity contribution in [3.8, 4) is 0 Å². The molecule has 1 heterocycles. The molecule has 18 heteroatoms. The molecule has 1 aliphatic heterocycles. The van der Waals surface area contributed by atoms with E-state index in [0.29, 0.717) is 23.1 Å². The molecular formula is C50H69N7O9S2. The Morgan fingerprint density at radius 1 is 0.765 bits per heavy atom. The monoisotopic (exact) mass is 975 g/mol. The maximum absolute atomic E-state index is 15.8. The summed E-state index contributed by atoms with van der Waals surface area (Å²) in [6.45, 7) is 8.98. The number of carbonyl (C=O) groups is 7. The van der Waals surface area contributed by atoms with Gasteiger partial charge in [0.1, 0.15) is 41.8 Å². The highest BCUT2D eigenvalue weighted by molar-refractivity contribution is 7.84. The van der Waals surface area contributed by atoms with Gasteiger partial charge in [-0.3, -0.25) is 33.0 Å². The van der Waals surface area contributed by atoms with Gasteiger partial charge in [0.2, 0.25) is 35.4 Å². The second-order valence-electron chi connectivity index (χ2n) is 18.0. The van der Waals surface area contributed by atoms with E-state index in [1.54, 1.807) is 6.92 Å². The van der Waals surface area contributed by atoms with Crippen LogP contribution in [-0.4, -0.2) is 128 Å². The van der Waals surface area contributed by atoms with E-state index in [0.717, 1.165) is 0 Å². The lowest BCUT2D eigenvalue weighted by Crippen LogP contribution is -2.66. The van der Waals surface area contributed by atoms with Crippen molar-refractivity contribution in [2.75, 3.05) is 30.9 Å². The molecule has 3 aromatic carbocycles. The number of rotatable bonds is 25. The van der Waals surface area contributed by atoms with Crippen molar-refractivity contribution in [2.45, 2.75) is 115 Å². The number of nitrogens with two attached hydrogens (primary N) is 1. The first-order valence-electron chi connectivity index (χ1n) is 23.2. The van der Waals surface area contributed by atoms with Gasteiger partial charge in [-0.25, -0.2) is 4.79 Å². The number of amides is 6. The molecule has 68 heavy (non-hydrogen) atoms. The zero-order valence-electron chi connectivity index (χ0n) is 39.9. The third kappa shape index (κ3) is 14.0. The number of nitrogens with one attached hydrogen (secondary N) is 4. The molecule has 0 bridgehead atoms. The average Bonchev–Trinajstić information content (AvgIpc) is 3.82. The van der Waals surface area contributed by atoms with E-state index in [1.807, 2.05) is 119 Å². The van der Waals surface area contributed by atoms with Gasteiger partial charge in [-0.05, 0) is 67.1 Å². The molecule has 0 spiro atoms. The number of benzene rings is 3. The summed E-state index contributed by atoms with van der Waals surface area (Å²) in [5.74, 6) is -5.38. The fourth-order valence-electron chi connectivity index (χ4n) is 8.80. The van der Waals surface area contributed by atoms with Crippen LogP contribution in [0.1, 0.15) is 89.8 Å². The molecule has 0 aliphatic carbocycles. The van der Waals surface area contributed by atoms with Gasteiger partial charge in [-0.1, -0.05) is 126 Å². The van der Waals surface area contributed by atoms with Gasteiger partial charge in [0, 0.05) is 35.1 Å². The van der Waals surface area contributed by atoms with E-state index in [-0.39, 0.29) is 68.5 Å². The molecule has 3 aromatic rings. The highest BCUT2D eigenvalue weighted by atomic mass is 32.2. The Kier molecular flexibility index (Phi) is 21.2. The number of likely N-dealkylation sites (tertiary alicyclic amines) is 1. The smallest absolute Gasteiger partial charge is 0.326 e. The van der Waals surface area contributed by atoms with Crippen molar-refractivity contribution >= 4 is 64.8 Å². The van der Waals surface area contributed by atoms with Crippen LogP contribution in [0.5, 0.6) is 0 Å². The summed E-state index contributed by atoms with van der Waals surface area (Å²) in [4.78, 5) is 101. The number of aliphatic carboxylic acids is 1. The Hall–Kier alpha value is -5.59. The third-order valence-electron chi connectivity index (χ3n) is 12.0. The molecule has 1 unspecified atom stereocenters. The quantitative estimate of drug-likeness (QED) is 0.0483. The highest BCUT2D eigenvalue weighted by Gasteiger charge is 2.52. The van der Waals surface area contributed by atoms with Gasteiger partial charge in [0.25, 0.3) is 0 Å². The minimum Gasteiger partial charge on any atom is -0.480 e. The van der Waals surface area contributed by atoms with Gasteiger partial charge in [-0.15, -0.1) is 0 Å². The van der Waals surface area contributed by atoms with Crippen molar-refractivity contribution < 1.29 is 42.9 Å². The zero-order chi connectivity index (χ0) is 50.1. The summed E-state index contributed by atoms with van der Waals surface area (Å²) < 4.78 is 11.7. The topological polar surface area (TPSA) is 237 Å². The fourth-order valence-corrected chi connectivity index (χ4v) is 9.68. The third-order valence-corrected chi connectivity index (χ3v) is 13.2. The molecule has 7 N–H and O–H groups in total. The highest BCUT2D eigenvalue weighted by Crippen LogP contribution is 2.45. The van der Waals surface area contributed by atoms with Crippen molar-refractivity contribution in [3.63, 3.8) is 0 Å². The van der Waals surface area contributed by atoms with Crippen LogP contribution in [0.3, 0.4) is 0 Å². The standard InChI is InChI=1S/C50H69N7O9S2/c1-7-37(44(59)54-38(49(64)65)25-27-68(6)66)53-45(60)39(28-32(2)3)55-46(61)41-24-17-26-56(41)48(63)42(31-67)57(47(62)40(29-33(4)5)52-43(58)30-51)50(34-18-11-8-12-19-34,35-20-13-9-14-21-35)36-22-15-10-16-23-36/h8-16,18-23,32-33,37-42,67H,7,17,24-31,51H2,1-6H3,(H,52,58)(H,53,60)(H,54,59)(H,55,61)(H,64,65)/t37-,38-,39-,40-,41-,42-,68?/m0/s1. The first-order valence-corrected chi connectivity index (χ1v) is 25.6. The van der Waals surface area contributed by atoms with E-state index in [4.69, 9.17) is 18.4 Å². The summed E-state index contributed by atoms with van der Waals surface area (Å²) in [6.07, 6.45) is 2.49. The summed E-state index contributed by atoms with van der Waals surface area (Å²) in [7, 11) is -1.29. The Balaban J connectivity index is 1.80. The Morgan fingerprint density at radius 3 is 1.69 bits per heavy atom. The average molecular weight is 976 g/mol. The number of carbonyl (C=O) groups excluding carboxylic acids is 6. The van der Waals surface area contributed by atoms with Crippen LogP contribution in [0.15, 0.2) is 91.0 Å². The van der Waals surface area contributed by atoms with E-state index in [2.05, 4.69) is 21.3 Å². The van der Waals surface area contributed by atoms with Crippen LogP contribution in [0, 0.1) is 11.8 Å². The van der Waals surface area contributed by atoms with Crippen LogP contribution in [0.4, 0.5) is 0 Å². The molecule has 0 radical (unpaired) electrons. The number of hydrogen-bond donors (Lipinski definition) is 7. The molecular weight excluding hydrogens is 907 g/mol. The summed E-state index contributed by atoms with van der Waals surface area (Å²) in [5, 5.41) is 20.5. The van der Waals surface area contributed by atoms with Gasteiger partial charge in [-0.2, -0.15) is 12.6 Å². The fraction of sp³-hybridized carbons (Fsp3) is 0.500. The predicted octanol–water partition coefficient (Wildman–Crippen LogP) is 3.35. The lowest BCUT2D eigenvalue weighted by Gasteiger charge is -2.50. The maximum Gasteiger partial charge on any atom is 0.326 e. The van der Waals surface area contributed by atoms with Gasteiger partial charge < -0.3 is 41.9 Å². The largest absolute Gasteiger partial charge is 0.480 e. The molecule has 370 valence electrons. The number of hydrogen-bond acceptors (Lipinski definition) is 10. The van der Waals surface area contributed by atoms with Gasteiger partial charge >= 0.3 is 5.97 Å². The molecule has 6 amide bonds. The Morgan fingerprint density at radius 2 is 1.25 bits per heavy atom. The number of carboxylic acids is 1. The minimum absolute atomic E-state index is 0.0479. The SMILES string of the molecule is CC[C@H](NC(=O)[C@H](CC(C)C)NC(=O)[C@@H]1CCCN1C(=O)[C@H](CS)N(C(=O)[C@H](CC(C)C)NC(=O)CN)C(c1ccccc1)(c1ccccc1)c1ccccc1)C(=O)N[C@@H](CCS(C)=O)C(=O)O. The van der Waals surface area contributed by atoms with E-state index >= 15 is 9.59 Å². The Labute approximate surface area is 408 Å². The van der Waals surface area contributed by atoms with Crippen molar-refractivity contribution in [1.29, 1.82) is 0 Å². The first kappa shape index (κ1) is 55.0. The lowest BCUT2D eigenvalue weighted by atomic mass is 9.74. The molecule has 0 saturated carbocycles. The van der Waals surface area contributed by atoms with Gasteiger partial charge in [0.05, 0.1) is 6.54 Å². The van der Waals surface area contributed by atoms with Crippen LogP contribution >= 0.6 is 12.6 Å². The van der Waals surface area contributed by atoms with E-state index in [9.17, 15) is 33.3 Å². The van der Waals surface area contributed by atoms with Crippen LogP contribution in [-0.2, 0) is 49.9 Å². The molecule has 16 nitrogen and oxygen atoms in total. The molecule has 1 aliphatic rings. The molecule has 1 fully saturated rings. The predicted molar refractivity (Wildman–Crippen MR) is 266 cm³/mol. The first-order chi connectivity index (χ1) is 32.4. The maximum atomic E-state index is 15.8. The van der Waals surface area contributed by atoms with Crippen molar-refractivity contribution in [1.82, 2.24) is 31.1 Å². The van der Waals surface area contributed by atoms with Gasteiger partial charge in [0.15, 0.2) is 0 Å². The number of nitrogens with zero attached hydrogens (tertiary/aromatic N) is 2. The number of thiol groups is 1. The normalized spacial score (nSPS) is 16.4. The molecule has 0 aromatic heterocycles. The summed E-state index contributed by atoms with van der Waals surface area (Å²) in [6, 6.07) is 20.8. The lowest BCUT2D eigenvalue weighted by molar-refractivity contribution is -0.153. The summed E-state index contributed by atoms with van der Waals surface area (Å²) in [5.41, 5.74) is 6.23. The molecule has 1 saturated heterocycles.